The fourth-order valence-electron chi connectivity index (χ4n) is 2.56. The van der Waals surface area contributed by atoms with E-state index in [9.17, 15) is 0 Å². The number of hydrogen-bond donors (Lipinski definition) is 1. The number of aromatic nitrogens is 4. The predicted octanol–water partition coefficient (Wildman–Crippen LogP) is 4.24. The first-order chi connectivity index (χ1) is 10.2. The van der Waals surface area contributed by atoms with E-state index in [0.29, 0.717) is 0 Å². The maximum Gasteiger partial charge on any atom is 0.119 e. The Hall–Kier alpha value is -2.27. The van der Waals surface area contributed by atoms with Crippen molar-refractivity contribution in [2.75, 3.05) is 0 Å². The zero-order chi connectivity index (χ0) is 14.4. The van der Waals surface area contributed by atoms with Crippen LogP contribution in [0.1, 0.15) is 5.69 Å². The normalized spacial score (nSPS) is 11.3. The minimum Gasteiger partial charge on any atom is -0.280 e. The molecule has 1 N–H and O–H groups in total. The van der Waals surface area contributed by atoms with E-state index >= 15 is 0 Å². The molecule has 0 fully saturated rings. The molecule has 21 heavy (non-hydrogen) atoms. The molecule has 0 bridgehead atoms. The fourth-order valence-corrected chi connectivity index (χ4v) is 2.92. The molecule has 0 amide bonds. The first kappa shape index (κ1) is 12.5. The van der Waals surface area contributed by atoms with Crippen LogP contribution in [-0.2, 0) is 0 Å². The Bertz CT molecular complexity index is 960. The topological polar surface area (TPSA) is 54.5 Å². The fraction of sp³-hybridized carbons (Fsp3) is 0.0625. The lowest BCUT2D eigenvalue weighted by atomic mass is 10.0. The number of fused-ring (bicyclic) bond motifs is 3. The van der Waals surface area contributed by atoms with E-state index in [1.165, 1.54) is 0 Å². The number of aryl methyl sites for hydroxylation is 1. The molecule has 3 aromatic heterocycles. The van der Waals surface area contributed by atoms with E-state index in [0.717, 1.165) is 43.2 Å². The minimum absolute atomic E-state index is 0.905. The Morgan fingerprint density at radius 3 is 2.81 bits per heavy atom. The molecule has 0 saturated carbocycles. The largest absolute Gasteiger partial charge is 0.280 e. The van der Waals surface area contributed by atoms with Crippen LogP contribution in [0.3, 0.4) is 0 Å². The van der Waals surface area contributed by atoms with Crippen LogP contribution in [0.5, 0.6) is 0 Å². The van der Waals surface area contributed by atoms with E-state index in [1.807, 2.05) is 31.3 Å². The van der Waals surface area contributed by atoms with Gasteiger partial charge in [0.2, 0.25) is 0 Å². The molecule has 0 saturated heterocycles. The highest BCUT2D eigenvalue weighted by molar-refractivity contribution is 9.10. The molecule has 0 aliphatic rings. The molecular weight excluding hydrogens is 328 g/mol. The lowest BCUT2D eigenvalue weighted by Gasteiger charge is -2.07. The molecule has 0 radical (unpaired) electrons. The summed E-state index contributed by atoms with van der Waals surface area (Å²) in [5.74, 6) is 0. The number of H-pyrrole nitrogens is 1. The minimum atomic E-state index is 0.905. The van der Waals surface area contributed by atoms with Gasteiger partial charge in [-0.25, -0.2) is 4.98 Å². The van der Waals surface area contributed by atoms with Crippen molar-refractivity contribution in [3.05, 3.63) is 52.9 Å². The molecule has 3 heterocycles. The number of hydrogen-bond acceptors (Lipinski definition) is 3. The number of benzene rings is 1. The van der Waals surface area contributed by atoms with E-state index in [2.05, 4.69) is 43.2 Å². The van der Waals surface area contributed by atoms with Crippen molar-refractivity contribution < 1.29 is 0 Å². The van der Waals surface area contributed by atoms with Crippen molar-refractivity contribution in [1.29, 1.82) is 0 Å². The Morgan fingerprint density at radius 1 is 1.10 bits per heavy atom. The summed E-state index contributed by atoms with van der Waals surface area (Å²) in [6.45, 7) is 1.99. The lowest BCUT2D eigenvalue weighted by molar-refractivity contribution is 1.07. The second-order valence-electron chi connectivity index (χ2n) is 4.94. The highest BCUT2D eigenvalue weighted by atomic mass is 79.9. The van der Waals surface area contributed by atoms with Crippen molar-refractivity contribution in [3.63, 3.8) is 0 Å². The van der Waals surface area contributed by atoms with Gasteiger partial charge in [0.15, 0.2) is 0 Å². The number of rotatable bonds is 1. The van der Waals surface area contributed by atoms with Gasteiger partial charge in [-0.3, -0.25) is 10.1 Å². The summed E-state index contributed by atoms with van der Waals surface area (Å²) in [4.78, 5) is 9.02. The standard InChI is InChI=1S/C16H11BrN4/c1-9-14-16(21-20-9)12-5-4-11(17)7-13(12)15(19-14)10-3-2-6-18-8-10/h2-8H,1H3,(H,20,21). The van der Waals surface area contributed by atoms with Crippen LogP contribution in [0.4, 0.5) is 0 Å². The van der Waals surface area contributed by atoms with Crippen molar-refractivity contribution in [2.45, 2.75) is 6.92 Å². The summed E-state index contributed by atoms with van der Waals surface area (Å²) in [7, 11) is 0. The Kier molecular flexibility index (Phi) is 2.75. The smallest absolute Gasteiger partial charge is 0.119 e. The molecule has 1 aromatic carbocycles. The summed E-state index contributed by atoms with van der Waals surface area (Å²) in [5.41, 5.74) is 4.71. The van der Waals surface area contributed by atoms with Gasteiger partial charge in [-0.05, 0) is 31.2 Å². The summed E-state index contributed by atoms with van der Waals surface area (Å²) >= 11 is 3.54. The van der Waals surface area contributed by atoms with Gasteiger partial charge in [-0.1, -0.05) is 22.0 Å². The van der Waals surface area contributed by atoms with Crippen LogP contribution >= 0.6 is 15.9 Å². The molecule has 4 nitrogen and oxygen atoms in total. The summed E-state index contributed by atoms with van der Waals surface area (Å²) < 4.78 is 1.02. The lowest BCUT2D eigenvalue weighted by Crippen LogP contribution is -1.90. The van der Waals surface area contributed by atoms with Crippen molar-refractivity contribution >= 4 is 37.7 Å². The number of aromatic amines is 1. The molecule has 5 heteroatoms. The SMILES string of the molecule is Cc1[nH]nc2c1nc(-c1cccnc1)c1cc(Br)ccc12. The average Bonchev–Trinajstić information content (AvgIpc) is 2.88. The molecule has 4 aromatic rings. The van der Waals surface area contributed by atoms with Crippen LogP contribution in [0.25, 0.3) is 33.1 Å². The van der Waals surface area contributed by atoms with Crippen LogP contribution in [0.15, 0.2) is 47.2 Å². The zero-order valence-corrected chi connectivity index (χ0v) is 12.8. The highest BCUT2D eigenvalue weighted by Crippen LogP contribution is 2.33. The average molecular weight is 339 g/mol. The Balaban J connectivity index is 2.21. The number of pyridine rings is 2. The van der Waals surface area contributed by atoms with Gasteiger partial charge in [-0.2, -0.15) is 5.10 Å². The Morgan fingerprint density at radius 2 is 2.00 bits per heavy atom. The van der Waals surface area contributed by atoms with E-state index in [-0.39, 0.29) is 0 Å². The molecule has 0 atom stereocenters. The number of nitrogens with zero attached hydrogens (tertiary/aromatic N) is 3. The van der Waals surface area contributed by atoms with E-state index in [1.54, 1.807) is 6.20 Å². The van der Waals surface area contributed by atoms with Crippen molar-refractivity contribution in [3.8, 4) is 11.3 Å². The zero-order valence-electron chi connectivity index (χ0n) is 11.3. The van der Waals surface area contributed by atoms with Crippen LogP contribution < -0.4 is 0 Å². The maximum absolute atomic E-state index is 4.82. The molecule has 0 spiro atoms. The quantitative estimate of drug-likeness (QED) is 0.564. The van der Waals surface area contributed by atoms with Gasteiger partial charge in [-0.15, -0.1) is 0 Å². The van der Waals surface area contributed by atoms with Crippen molar-refractivity contribution in [2.24, 2.45) is 0 Å². The van der Waals surface area contributed by atoms with Crippen LogP contribution in [0.2, 0.25) is 0 Å². The highest BCUT2D eigenvalue weighted by Gasteiger charge is 2.14. The number of halogens is 1. The first-order valence-corrected chi connectivity index (χ1v) is 7.37. The summed E-state index contributed by atoms with van der Waals surface area (Å²) in [6.07, 6.45) is 3.60. The van der Waals surface area contributed by atoms with Gasteiger partial charge in [0, 0.05) is 33.2 Å². The van der Waals surface area contributed by atoms with Gasteiger partial charge in [0.1, 0.15) is 11.0 Å². The third-order valence-corrected chi connectivity index (χ3v) is 4.06. The molecule has 0 unspecified atom stereocenters. The molecule has 4 rings (SSSR count). The first-order valence-electron chi connectivity index (χ1n) is 6.58. The predicted molar refractivity (Wildman–Crippen MR) is 87.1 cm³/mol. The second-order valence-corrected chi connectivity index (χ2v) is 5.85. The third-order valence-electron chi connectivity index (χ3n) is 3.57. The third kappa shape index (κ3) is 1.93. The number of nitrogens with one attached hydrogen (secondary N) is 1. The van der Waals surface area contributed by atoms with Crippen LogP contribution in [-0.4, -0.2) is 20.2 Å². The maximum atomic E-state index is 4.82. The van der Waals surface area contributed by atoms with E-state index in [4.69, 9.17) is 4.98 Å². The summed E-state index contributed by atoms with van der Waals surface area (Å²) in [5, 5.41) is 9.57. The second kappa shape index (κ2) is 4.63. The van der Waals surface area contributed by atoms with Gasteiger partial charge in [0.05, 0.1) is 11.4 Å². The Labute approximate surface area is 129 Å². The molecular formula is C16H11BrN4. The van der Waals surface area contributed by atoms with Crippen LogP contribution in [0, 0.1) is 6.92 Å². The van der Waals surface area contributed by atoms with Gasteiger partial charge < -0.3 is 0 Å². The van der Waals surface area contributed by atoms with Gasteiger partial charge >= 0.3 is 0 Å². The monoisotopic (exact) mass is 338 g/mol. The molecule has 0 aliphatic carbocycles. The molecule has 0 aliphatic heterocycles. The summed E-state index contributed by atoms with van der Waals surface area (Å²) in [6, 6.07) is 10.1. The molecule has 102 valence electrons. The van der Waals surface area contributed by atoms with Gasteiger partial charge in [0.25, 0.3) is 0 Å². The van der Waals surface area contributed by atoms with E-state index < -0.39 is 0 Å². The van der Waals surface area contributed by atoms with Crippen molar-refractivity contribution in [1.82, 2.24) is 20.2 Å².